The van der Waals surface area contributed by atoms with Gasteiger partial charge in [-0.1, -0.05) is 12.5 Å². The van der Waals surface area contributed by atoms with E-state index in [0.29, 0.717) is 11.6 Å². The molecule has 4 heteroatoms. The second-order valence-electron chi connectivity index (χ2n) is 5.86. The third kappa shape index (κ3) is 3.87. The van der Waals surface area contributed by atoms with E-state index in [4.69, 9.17) is 0 Å². The van der Waals surface area contributed by atoms with Gasteiger partial charge in [-0.3, -0.25) is 0 Å². The third-order valence-corrected chi connectivity index (χ3v) is 4.01. The van der Waals surface area contributed by atoms with E-state index >= 15 is 0 Å². The largest absolute Gasteiger partial charge is 0.507 e. The maximum atomic E-state index is 9.89. The number of phenolic OH excluding ortho intramolecular Hbond substituents is 2. The molecule has 0 aliphatic carbocycles. The van der Waals surface area contributed by atoms with E-state index in [9.17, 15) is 10.2 Å². The van der Waals surface area contributed by atoms with Crippen molar-refractivity contribution in [1.82, 2.24) is 10.2 Å². The first kappa shape index (κ1) is 15.1. The summed E-state index contributed by atoms with van der Waals surface area (Å²) < 4.78 is 0. The molecule has 112 valence electrons. The molecule has 1 aromatic rings. The second-order valence-corrected chi connectivity index (χ2v) is 5.86. The van der Waals surface area contributed by atoms with Gasteiger partial charge in [-0.2, -0.15) is 0 Å². The van der Waals surface area contributed by atoms with Crippen LogP contribution in [-0.2, 0) is 0 Å². The Balaban J connectivity index is 1.91. The lowest BCUT2D eigenvalue weighted by atomic mass is 10.0. The summed E-state index contributed by atoms with van der Waals surface area (Å²) in [6.07, 6.45) is 3.94. The van der Waals surface area contributed by atoms with E-state index in [1.165, 1.54) is 32.4 Å². The number of benzene rings is 1. The lowest BCUT2D eigenvalue weighted by Crippen LogP contribution is -2.42. The van der Waals surface area contributed by atoms with Gasteiger partial charge < -0.3 is 20.4 Å². The van der Waals surface area contributed by atoms with Crippen molar-refractivity contribution in [3.63, 3.8) is 0 Å². The van der Waals surface area contributed by atoms with Crippen molar-refractivity contribution in [3.8, 4) is 11.5 Å². The summed E-state index contributed by atoms with van der Waals surface area (Å²) >= 11 is 0. The van der Waals surface area contributed by atoms with Gasteiger partial charge in [-0.15, -0.1) is 0 Å². The molecular weight excluding hydrogens is 252 g/mol. The van der Waals surface area contributed by atoms with Gasteiger partial charge in [-0.05, 0) is 51.9 Å². The number of hydrogen-bond donors (Lipinski definition) is 3. The van der Waals surface area contributed by atoms with E-state index in [0.717, 1.165) is 6.54 Å². The Labute approximate surface area is 121 Å². The quantitative estimate of drug-likeness (QED) is 0.775. The van der Waals surface area contributed by atoms with Crippen molar-refractivity contribution < 1.29 is 10.2 Å². The van der Waals surface area contributed by atoms with Crippen LogP contribution < -0.4 is 5.32 Å². The molecule has 0 bridgehead atoms. The maximum Gasteiger partial charge on any atom is 0.124 e. The fraction of sp³-hybridized carbons (Fsp3) is 0.625. The molecule has 0 saturated carbocycles. The smallest absolute Gasteiger partial charge is 0.124 e. The zero-order valence-corrected chi connectivity index (χ0v) is 12.5. The number of piperidine rings is 1. The van der Waals surface area contributed by atoms with Crippen molar-refractivity contribution in [2.45, 2.75) is 45.2 Å². The number of nitrogens with zero attached hydrogens (tertiary/aromatic N) is 1. The highest BCUT2D eigenvalue weighted by Gasteiger charge is 2.19. The Morgan fingerprint density at radius 3 is 2.30 bits per heavy atom. The molecule has 1 aromatic carbocycles. The van der Waals surface area contributed by atoms with Crippen LogP contribution in [0.3, 0.4) is 0 Å². The highest BCUT2D eigenvalue weighted by atomic mass is 16.3. The monoisotopic (exact) mass is 278 g/mol. The second kappa shape index (κ2) is 6.95. The molecule has 2 unspecified atom stereocenters. The van der Waals surface area contributed by atoms with Crippen LogP contribution in [0.1, 0.15) is 44.7 Å². The first-order valence-corrected chi connectivity index (χ1v) is 7.57. The Morgan fingerprint density at radius 2 is 1.70 bits per heavy atom. The van der Waals surface area contributed by atoms with Crippen molar-refractivity contribution in [3.05, 3.63) is 23.8 Å². The van der Waals surface area contributed by atoms with Crippen molar-refractivity contribution >= 4 is 0 Å². The van der Waals surface area contributed by atoms with Crippen molar-refractivity contribution in [1.29, 1.82) is 0 Å². The van der Waals surface area contributed by atoms with Gasteiger partial charge in [0.2, 0.25) is 0 Å². The molecule has 0 radical (unpaired) electrons. The minimum Gasteiger partial charge on any atom is -0.507 e. The molecule has 1 aliphatic heterocycles. The highest BCUT2D eigenvalue weighted by Crippen LogP contribution is 2.32. The predicted molar refractivity (Wildman–Crippen MR) is 81.1 cm³/mol. The molecule has 1 saturated heterocycles. The fourth-order valence-electron chi connectivity index (χ4n) is 3.08. The summed E-state index contributed by atoms with van der Waals surface area (Å²) in [4.78, 5) is 2.48. The number of aromatic hydroxyl groups is 2. The Hall–Kier alpha value is -1.26. The average Bonchev–Trinajstić information content (AvgIpc) is 2.39. The van der Waals surface area contributed by atoms with Crippen molar-refractivity contribution in [2.75, 3.05) is 19.6 Å². The number of phenols is 2. The normalized spacial score (nSPS) is 19.7. The van der Waals surface area contributed by atoms with Gasteiger partial charge in [0.1, 0.15) is 11.5 Å². The van der Waals surface area contributed by atoms with Crippen LogP contribution in [0.2, 0.25) is 0 Å². The number of hydrogen-bond acceptors (Lipinski definition) is 4. The van der Waals surface area contributed by atoms with Gasteiger partial charge in [0, 0.05) is 18.6 Å². The van der Waals surface area contributed by atoms with Gasteiger partial charge in [-0.25, -0.2) is 0 Å². The van der Waals surface area contributed by atoms with Crippen LogP contribution in [0.4, 0.5) is 0 Å². The van der Waals surface area contributed by atoms with Crippen LogP contribution in [-0.4, -0.2) is 40.8 Å². The van der Waals surface area contributed by atoms with E-state index in [-0.39, 0.29) is 17.5 Å². The predicted octanol–water partition coefficient (Wildman–Crippen LogP) is 2.62. The summed E-state index contributed by atoms with van der Waals surface area (Å²) in [5.41, 5.74) is 0.581. The highest BCUT2D eigenvalue weighted by molar-refractivity contribution is 5.44. The lowest BCUT2D eigenvalue weighted by Gasteiger charge is -2.31. The van der Waals surface area contributed by atoms with Crippen LogP contribution in [0.5, 0.6) is 11.5 Å². The fourth-order valence-corrected chi connectivity index (χ4v) is 3.08. The summed E-state index contributed by atoms with van der Waals surface area (Å²) in [6, 6.07) is 5.13. The van der Waals surface area contributed by atoms with E-state index < -0.39 is 0 Å². The molecule has 4 nitrogen and oxygen atoms in total. The molecule has 1 fully saturated rings. The van der Waals surface area contributed by atoms with Crippen LogP contribution in [0, 0.1) is 0 Å². The summed E-state index contributed by atoms with van der Waals surface area (Å²) in [7, 11) is 0. The number of nitrogens with one attached hydrogen (secondary N) is 1. The number of rotatable bonds is 5. The topological polar surface area (TPSA) is 55.7 Å². The van der Waals surface area contributed by atoms with Crippen molar-refractivity contribution in [2.24, 2.45) is 0 Å². The van der Waals surface area contributed by atoms with E-state index in [2.05, 4.69) is 17.1 Å². The minimum atomic E-state index is -0.0732. The Bertz CT molecular complexity index is 410. The maximum absolute atomic E-state index is 9.89. The zero-order chi connectivity index (χ0) is 14.5. The molecule has 0 aromatic heterocycles. The molecule has 1 heterocycles. The summed E-state index contributed by atoms with van der Waals surface area (Å²) in [5, 5.41) is 23.2. The Kier molecular flexibility index (Phi) is 5.26. The third-order valence-electron chi connectivity index (χ3n) is 4.01. The van der Waals surface area contributed by atoms with Gasteiger partial charge in [0.15, 0.2) is 0 Å². The molecule has 2 rings (SSSR count). The van der Waals surface area contributed by atoms with Gasteiger partial charge >= 0.3 is 0 Å². The standard InChI is InChI=1S/C16H26N2O2/c1-12(11-18-9-4-3-5-10-18)17-13(2)16-14(19)7-6-8-15(16)20/h6-8,12-13,17,19-20H,3-5,9-11H2,1-2H3. The van der Waals surface area contributed by atoms with Crippen LogP contribution in [0.15, 0.2) is 18.2 Å². The molecule has 1 aliphatic rings. The van der Waals surface area contributed by atoms with Crippen LogP contribution >= 0.6 is 0 Å². The Morgan fingerprint density at radius 1 is 1.10 bits per heavy atom. The molecule has 3 N–H and O–H groups in total. The first-order valence-electron chi connectivity index (χ1n) is 7.57. The summed E-state index contributed by atoms with van der Waals surface area (Å²) in [5.74, 6) is 0.297. The lowest BCUT2D eigenvalue weighted by molar-refractivity contribution is 0.205. The zero-order valence-electron chi connectivity index (χ0n) is 12.5. The van der Waals surface area contributed by atoms with E-state index in [1.807, 2.05) is 6.92 Å². The number of likely N-dealkylation sites (tertiary alicyclic amines) is 1. The molecule has 2 atom stereocenters. The SMILES string of the molecule is CC(CN1CCCCC1)NC(C)c1c(O)cccc1O. The van der Waals surface area contributed by atoms with E-state index in [1.54, 1.807) is 18.2 Å². The van der Waals surface area contributed by atoms with Gasteiger partial charge in [0.25, 0.3) is 0 Å². The molecule has 0 spiro atoms. The molecule has 0 amide bonds. The average molecular weight is 278 g/mol. The van der Waals surface area contributed by atoms with Gasteiger partial charge in [0.05, 0.1) is 5.56 Å². The summed E-state index contributed by atoms with van der Waals surface area (Å²) in [6.45, 7) is 7.51. The minimum absolute atomic E-state index is 0.0732. The van der Waals surface area contributed by atoms with Crippen LogP contribution in [0.25, 0.3) is 0 Å². The molecule has 20 heavy (non-hydrogen) atoms. The first-order chi connectivity index (χ1) is 9.58. The molecular formula is C16H26N2O2.